The summed E-state index contributed by atoms with van der Waals surface area (Å²) in [6.07, 6.45) is 3.21. The summed E-state index contributed by atoms with van der Waals surface area (Å²) in [5, 5.41) is 9.15. The Morgan fingerprint density at radius 3 is 3.00 bits per heavy atom. The third-order valence-corrected chi connectivity index (χ3v) is 3.27. The Kier molecular flexibility index (Phi) is 3.52. The van der Waals surface area contributed by atoms with Crippen molar-refractivity contribution in [3.63, 3.8) is 0 Å². The van der Waals surface area contributed by atoms with Crippen molar-refractivity contribution in [2.75, 3.05) is 5.88 Å². The number of hydrogen-bond acceptors (Lipinski definition) is 3. The van der Waals surface area contributed by atoms with Crippen molar-refractivity contribution < 1.29 is 5.11 Å². The maximum Gasteiger partial charge on any atom is 0.257 e. The van der Waals surface area contributed by atoms with E-state index in [0.717, 1.165) is 24.7 Å². The van der Waals surface area contributed by atoms with Crippen molar-refractivity contribution in [3.8, 4) is 0 Å². The molecule has 2 heterocycles. The molecule has 2 rings (SSSR count). The molecular weight excluding hydrogens is 240 g/mol. The molecule has 0 saturated carbocycles. The maximum absolute atomic E-state index is 12.2. The van der Waals surface area contributed by atoms with Gasteiger partial charge in [-0.15, -0.1) is 11.6 Å². The molecule has 0 atom stereocenters. The number of aromatic nitrogens is 2. The standard InChI is InChI=1S/C12H15ClN2O2/c1-8-10(4-5-13)12(17)15-6-2-3-9(7-16)11(15)14-8/h7,16H,2-6H2,1H3. The second-order valence-corrected chi connectivity index (χ2v) is 4.53. The average Bonchev–Trinajstić information content (AvgIpc) is 2.34. The van der Waals surface area contributed by atoms with Crippen molar-refractivity contribution in [1.29, 1.82) is 0 Å². The number of fused-ring (bicyclic) bond motifs is 1. The van der Waals surface area contributed by atoms with Crippen molar-refractivity contribution in [1.82, 2.24) is 9.55 Å². The van der Waals surface area contributed by atoms with Gasteiger partial charge in [-0.3, -0.25) is 9.36 Å². The van der Waals surface area contributed by atoms with E-state index in [4.69, 9.17) is 16.7 Å². The van der Waals surface area contributed by atoms with Gasteiger partial charge in [-0.1, -0.05) is 0 Å². The molecule has 1 N–H and O–H groups in total. The number of hydrogen-bond donors (Lipinski definition) is 1. The lowest BCUT2D eigenvalue weighted by atomic mass is 10.1. The molecule has 0 unspecified atom stereocenters. The number of aryl methyl sites for hydroxylation is 1. The Labute approximate surface area is 105 Å². The third kappa shape index (κ3) is 2.09. The first-order valence-electron chi connectivity index (χ1n) is 5.69. The van der Waals surface area contributed by atoms with E-state index in [1.165, 1.54) is 0 Å². The van der Waals surface area contributed by atoms with Crippen LogP contribution in [0.3, 0.4) is 0 Å². The van der Waals surface area contributed by atoms with Crippen LogP contribution in [0, 0.1) is 6.92 Å². The van der Waals surface area contributed by atoms with Crippen LogP contribution in [0.4, 0.5) is 0 Å². The fourth-order valence-electron chi connectivity index (χ4n) is 2.20. The molecule has 17 heavy (non-hydrogen) atoms. The summed E-state index contributed by atoms with van der Waals surface area (Å²) in [6.45, 7) is 2.47. The maximum atomic E-state index is 12.2. The molecule has 0 aromatic carbocycles. The summed E-state index contributed by atoms with van der Waals surface area (Å²) in [4.78, 5) is 16.7. The Morgan fingerprint density at radius 1 is 1.59 bits per heavy atom. The summed E-state index contributed by atoms with van der Waals surface area (Å²) in [7, 11) is 0. The van der Waals surface area contributed by atoms with E-state index in [9.17, 15) is 4.79 Å². The Morgan fingerprint density at radius 2 is 2.35 bits per heavy atom. The van der Waals surface area contributed by atoms with E-state index in [2.05, 4.69) is 4.98 Å². The van der Waals surface area contributed by atoms with E-state index in [1.807, 2.05) is 6.92 Å². The highest BCUT2D eigenvalue weighted by molar-refractivity contribution is 6.17. The fraction of sp³-hybridized carbons (Fsp3) is 0.500. The van der Waals surface area contributed by atoms with Gasteiger partial charge in [0.2, 0.25) is 0 Å². The number of halogens is 1. The molecule has 0 amide bonds. The summed E-state index contributed by atoms with van der Waals surface area (Å²) in [5.41, 5.74) is 2.10. The predicted molar refractivity (Wildman–Crippen MR) is 67.5 cm³/mol. The van der Waals surface area contributed by atoms with Gasteiger partial charge in [-0.05, 0) is 26.2 Å². The molecule has 1 aliphatic heterocycles. The molecule has 1 aromatic heterocycles. The van der Waals surface area contributed by atoms with Gasteiger partial charge in [0.1, 0.15) is 5.82 Å². The average molecular weight is 255 g/mol. The molecule has 4 nitrogen and oxygen atoms in total. The van der Waals surface area contributed by atoms with Crippen molar-refractivity contribution in [3.05, 3.63) is 33.7 Å². The van der Waals surface area contributed by atoms with E-state index in [1.54, 1.807) is 4.57 Å². The lowest BCUT2D eigenvalue weighted by molar-refractivity contribution is 0.467. The first kappa shape index (κ1) is 12.2. The van der Waals surface area contributed by atoms with E-state index >= 15 is 0 Å². The molecular formula is C12H15ClN2O2. The Balaban J connectivity index is 2.63. The Bertz CT molecular complexity index is 520. The van der Waals surface area contributed by atoms with E-state index in [0.29, 0.717) is 35.9 Å². The molecule has 0 fully saturated rings. The first-order chi connectivity index (χ1) is 8.19. The first-order valence-corrected chi connectivity index (χ1v) is 6.22. The molecule has 1 aliphatic rings. The summed E-state index contributed by atoms with van der Waals surface area (Å²) in [5.74, 6) is 1.01. The van der Waals surface area contributed by atoms with Crippen molar-refractivity contribution in [2.24, 2.45) is 0 Å². The molecule has 0 aliphatic carbocycles. The second kappa shape index (κ2) is 4.92. The highest BCUT2D eigenvalue weighted by atomic mass is 35.5. The van der Waals surface area contributed by atoms with Gasteiger partial charge < -0.3 is 5.11 Å². The number of alkyl halides is 1. The SMILES string of the molecule is Cc1nc2n(c(=O)c1CCCl)CCCC2=CO. The number of allylic oxidation sites excluding steroid dienone is 1. The monoisotopic (exact) mass is 254 g/mol. The smallest absolute Gasteiger partial charge is 0.257 e. The molecule has 92 valence electrons. The predicted octanol–water partition coefficient (Wildman–Crippen LogP) is 2.03. The van der Waals surface area contributed by atoms with Crippen LogP contribution in [0.15, 0.2) is 11.1 Å². The lowest BCUT2D eigenvalue weighted by Crippen LogP contribution is -2.31. The van der Waals surface area contributed by atoms with E-state index in [-0.39, 0.29) is 5.56 Å². The van der Waals surface area contributed by atoms with Crippen LogP contribution in [0.25, 0.3) is 5.57 Å². The van der Waals surface area contributed by atoms with Gasteiger partial charge in [0.25, 0.3) is 5.56 Å². The Hall–Kier alpha value is -1.29. The lowest BCUT2D eigenvalue weighted by Gasteiger charge is -2.21. The minimum absolute atomic E-state index is 0.0211. The minimum Gasteiger partial charge on any atom is -0.515 e. The summed E-state index contributed by atoms with van der Waals surface area (Å²) < 4.78 is 1.64. The zero-order valence-corrected chi connectivity index (χ0v) is 10.5. The highest BCUT2D eigenvalue weighted by Gasteiger charge is 2.20. The van der Waals surface area contributed by atoms with Gasteiger partial charge in [0.15, 0.2) is 0 Å². The van der Waals surface area contributed by atoms with Crippen molar-refractivity contribution >= 4 is 17.2 Å². The van der Waals surface area contributed by atoms with E-state index < -0.39 is 0 Å². The van der Waals surface area contributed by atoms with Gasteiger partial charge >= 0.3 is 0 Å². The molecule has 0 spiro atoms. The molecule has 1 aromatic rings. The van der Waals surface area contributed by atoms with Crippen LogP contribution in [0.1, 0.15) is 29.9 Å². The van der Waals surface area contributed by atoms with Crippen LogP contribution < -0.4 is 5.56 Å². The van der Waals surface area contributed by atoms with Crippen molar-refractivity contribution in [2.45, 2.75) is 32.7 Å². The third-order valence-electron chi connectivity index (χ3n) is 3.08. The normalized spacial score (nSPS) is 17.2. The second-order valence-electron chi connectivity index (χ2n) is 4.15. The minimum atomic E-state index is -0.0211. The zero-order chi connectivity index (χ0) is 12.4. The highest BCUT2D eigenvalue weighted by Crippen LogP contribution is 2.23. The van der Waals surface area contributed by atoms with Gasteiger partial charge in [0.05, 0.1) is 6.26 Å². The molecule has 0 saturated heterocycles. The fourth-order valence-corrected chi connectivity index (χ4v) is 2.39. The number of nitrogens with zero attached hydrogens (tertiary/aromatic N) is 2. The van der Waals surface area contributed by atoms with Gasteiger partial charge in [-0.2, -0.15) is 0 Å². The number of aliphatic hydroxyl groups excluding tert-OH is 1. The molecule has 0 bridgehead atoms. The van der Waals surface area contributed by atoms with Crippen LogP contribution in [-0.2, 0) is 13.0 Å². The summed E-state index contributed by atoms with van der Waals surface area (Å²) >= 11 is 5.69. The zero-order valence-electron chi connectivity index (χ0n) is 9.74. The van der Waals surface area contributed by atoms with Crippen LogP contribution in [0.5, 0.6) is 0 Å². The van der Waals surface area contributed by atoms with Gasteiger partial charge in [0, 0.05) is 29.3 Å². The van der Waals surface area contributed by atoms with Crippen LogP contribution in [0.2, 0.25) is 0 Å². The number of aliphatic hydroxyl groups is 1. The molecule has 5 heteroatoms. The van der Waals surface area contributed by atoms with Crippen LogP contribution >= 0.6 is 11.6 Å². The summed E-state index contributed by atoms with van der Waals surface area (Å²) in [6, 6.07) is 0. The number of rotatable bonds is 2. The largest absolute Gasteiger partial charge is 0.515 e. The quantitative estimate of drug-likeness (QED) is 0.649. The van der Waals surface area contributed by atoms with Crippen LogP contribution in [-0.4, -0.2) is 20.5 Å². The topological polar surface area (TPSA) is 55.1 Å². The van der Waals surface area contributed by atoms with Gasteiger partial charge in [-0.25, -0.2) is 4.98 Å². The molecule has 0 radical (unpaired) electrons.